The van der Waals surface area contributed by atoms with Crippen LogP contribution in [0.5, 0.6) is 5.75 Å². The summed E-state index contributed by atoms with van der Waals surface area (Å²) < 4.78 is 42.5. The molecule has 1 heterocycles. The Morgan fingerprint density at radius 2 is 1.93 bits per heavy atom. The van der Waals surface area contributed by atoms with Crippen LogP contribution < -0.4 is 4.74 Å². The van der Waals surface area contributed by atoms with Crippen molar-refractivity contribution in [2.24, 2.45) is 0 Å². The second-order valence-corrected chi connectivity index (χ2v) is 3.63. The van der Waals surface area contributed by atoms with Crippen molar-refractivity contribution < 1.29 is 17.9 Å². The van der Waals surface area contributed by atoms with Crippen molar-refractivity contribution in [2.45, 2.75) is 25.4 Å². The predicted octanol–water partition coefficient (Wildman–Crippen LogP) is 3.42. The van der Waals surface area contributed by atoms with Gasteiger partial charge in [0.15, 0.2) is 0 Å². The van der Waals surface area contributed by atoms with Crippen molar-refractivity contribution >= 4 is 0 Å². The molecule has 1 aromatic rings. The lowest BCUT2D eigenvalue weighted by atomic mass is 10.1. The van der Waals surface area contributed by atoms with E-state index in [9.17, 15) is 13.2 Å². The van der Waals surface area contributed by atoms with Crippen LogP contribution in [0.3, 0.4) is 0 Å². The number of alkyl halides is 3. The Kier molecular flexibility index (Phi) is 2.59. The van der Waals surface area contributed by atoms with Crippen LogP contribution in [0.2, 0.25) is 0 Å². The van der Waals surface area contributed by atoms with Crippen LogP contribution in [0.4, 0.5) is 13.2 Å². The lowest BCUT2D eigenvalue weighted by Gasteiger charge is -2.11. The molecule has 0 atom stereocenters. The minimum atomic E-state index is -4.29. The van der Waals surface area contributed by atoms with Crippen LogP contribution >= 0.6 is 0 Å². The second kappa shape index (κ2) is 3.76. The van der Waals surface area contributed by atoms with E-state index in [-0.39, 0.29) is 0 Å². The van der Waals surface area contributed by atoms with Gasteiger partial charge in [-0.15, -0.1) is 0 Å². The molecule has 0 spiro atoms. The van der Waals surface area contributed by atoms with Gasteiger partial charge in [-0.1, -0.05) is 6.07 Å². The van der Waals surface area contributed by atoms with E-state index < -0.39 is 11.7 Å². The molecule has 0 amide bonds. The van der Waals surface area contributed by atoms with Crippen LogP contribution in [0.1, 0.15) is 24.0 Å². The first kappa shape index (κ1) is 10.3. The monoisotopic (exact) mass is 216 g/mol. The van der Waals surface area contributed by atoms with Gasteiger partial charge in [-0.3, -0.25) is 0 Å². The fourth-order valence-corrected chi connectivity index (χ4v) is 1.67. The molecule has 4 heteroatoms. The molecule has 0 radical (unpaired) electrons. The Labute approximate surface area is 85.9 Å². The van der Waals surface area contributed by atoms with Crippen LogP contribution in [0, 0.1) is 0 Å². The smallest absolute Gasteiger partial charge is 0.416 e. The molecule has 1 aliphatic rings. The van der Waals surface area contributed by atoms with E-state index in [2.05, 4.69) is 0 Å². The summed E-state index contributed by atoms with van der Waals surface area (Å²) in [6.45, 7) is 0.508. The van der Waals surface area contributed by atoms with Crippen molar-refractivity contribution in [2.75, 3.05) is 6.61 Å². The number of fused-ring (bicyclic) bond motifs is 1. The molecule has 82 valence electrons. The van der Waals surface area contributed by atoms with E-state index in [0.29, 0.717) is 12.4 Å². The van der Waals surface area contributed by atoms with E-state index in [1.54, 1.807) is 0 Å². The molecule has 0 bridgehead atoms. The Bertz CT molecular complexity index is 357. The highest BCUT2D eigenvalue weighted by Gasteiger charge is 2.31. The number of rotatable bonds is 0. The Balaban J connectivity index is 2.36. The minimum absolute atomic E-state index is 0.391. The molecule has 15 heavy (non-hydrogen) atoms. The maximum Gasteiger partial charge on any atom is 0.416 e. The minimum Gasteiger partial charge on any atom is -0.493 e. The van der Waals surface area contributed by atoms with Crippen molar-refractivity contribution in [3.8, 4) is 5.75 Å². The number of benzene rings is 1. The van der Waals surface area contributed by atoms with E-state index in [1.165, 1.54) is 6.07 Å². The van der Waals surface area contributed by atoms with Gasteiger partial charge in [0.05, 0.1) is 12.2 Å². The van der Waals surface area contributed by atoms with Gasteiger partial charge >= 0.3 is 6.18 Å². The predicted molar refractivity (Wildman–Crippen MR) is 49.9 cm³/mol. The molecule has 0 unspecified atom stereocenters. The maximum absolute atomic E-state index is 12.4. The summed E-state index contributed by atoms with van der Waals surface area (Å²) in [5, 5.41) is 0. The molecule has 1 aromatic carbocycles. The number of ether oxygens (including phenoxy) is 1. The van der Waals surface area contributed by atoms with Crippen molar-refractivity contribution in [3.63, 3.8) is 0 Å². The van der Waals surface area contributed by atoms with Gasteiger partial charge in [-0.2, -0.15) is 13.2 Å². The Hall–Kier alpha value is -1.19. The van der Waals surface area contributed by atoms with E-state index in [1.807, 2.05) is 0 Å². The van der Waals surface area contributed by atoms with Crippen LogP contribution in [0.25, 0.3) is 0 Å². The molecule has 0 aliphatic carbocycles. The molecular weight excluding hydrogens is 205 g/mol. The molecule has 1 aliphatic heterocycles. The highest BCUT2D eigenvalue weighted by Crippen LogP contribution is 2.34. The van der Waals surface area contributed by atoms with Gasteiger partial charge < -0.3 is 4.74 Å². The molecule has 0 saturated carbocycles. The van der Waals surface area contributed by atoms with Gasteiger partial charge in [0.1, 0.15) is 5.75 Å². The quantitative estimate of drug-likeness (QED) is 0.645. The third kappa shape index (κ3) is 2.25. The third-order valence-electron chi connectivity index (χ3n) is 2.49. The van der Waals surface area contributed by atoms with Crippen LogP contribution in [0.15, 0.2) is 18.2 Å². The molecule has 0 N–H and O–H groups in total. The summed E-state index contributed by atoms with van der Waals surface area (Å²) in [6.07, 6.45) is -1.62. The summed E-state index contributed by atoms with van der Waals surface area (Å²) in [7, 11) is 0. The van der Waals surface area contributed by atoms with Crippen LogP contribution in [-0.2, 0) is 12.6 Å². The third-order valence-corrected chi connectivity index (χ3v) is 2.49. The average Bonchev–Trinajstić information content (AvgIpc) is 2.39. The molecular formula is C11H11F3O. The maximum atomic E-state index is 12.4. The van der Waals surface area contributed by atoms with E-state index >= 15 is 0 Å². The zero-order valence-corrected chi connectivity index (χ0v) is 8.10. The zero-order valence-electron chi connectivity index (χ0n) is 8.10. The second-order valence-electron chi connectivity index (χ2n) is 3.63. The van der Waals surface area contributed by atoms with Crippen molar-refractivity contribution in [3.05, 3.63) is 29.3 Å². The average molecular weight is 216 g/mol. The molecule has 1 nitrogen and oxygen atoms in total. The van der Waals surface area contributed by atoms with Gasteiger partial charge in [0.2, 0.25) is 0 Å². The largest absolute Gasteiger partial charge is 0.493 e. The SMILES string of the molecule is FC(F)(F)c1ccc2c(c1)OCCCC2. The summed E-state index contributed by atoms with van der Waals surface area (Å²) in [5.41, 5.74) is 0.239. The highest BCUT2D eigenvalue weighted by molar-refractivity contribution is 5.39. The van der Waals surface area contributed by atoms with Gasteiger partial charge in [0.25, 0.3) is 0 Å². The zero-order chi connectivity index (χ0) is 10.9. The van der Waals surface area contributed by atoms with Crippen molar-refractivity contribution in [1.82, 2.24) is 0 Å². The summed E-state index contributed by atoms with van der Waals surface area (Å²) in [4.78, 5) is 0. The topological polar surface area (TPSA) is 9.23 Å². The number of halogens is 3. The summed E-state index contributed by atoms with van der Waals surface area (Å²) in [5.74, 6) is 0.391. The number of hydrogen-bond acceptors (Lipinski definition) is 1. The molecule has 2 rings (SSSR count). The summed E-state index contributed by atoms with van der Waals surface area (Å²) in [6, 6.07) is 3.73. The van der Waals surface area contributed by atoms with Gasteiger partial charge in [-0.25, -0.2) is 0 Å². The lowest BCUT2D eigenvalue weighted by molar-refractivity contribution is -0.137. The van der Waals surface area contributed by atoms with Gasteiger partial charge in [0, 0.05) is 0 Å². The molecule has 0 aromatic heterocycles. The van der Waals surface area contributed by atoms with Gasteiger partial charge in [-0.05, 0) is 37.0 Å². The van der Waals surface area contributed by atoms with E-state index in [4.69, 9.17) is 4.74 Å². The molecule has 0 fully saturated rings. The first-order chi connectivity index (χ1) is 7.07. The number of hydrogen-bond donors (Lipinski definition) is 0. The fourth-order valence-electron chi connectivity index (χ4n) is 1.67. The van der Waals surface area contributed by atoms with Crippen molar-refractivity contribution in [1.29, 1.82) is 0 Å². The lowest BCUT2D eigenvalue weighted by Crippen LogP contribution is -2.06. The first-order valence-electron chi connectivity index (χ1n) is 4.90. The number of aryl methyl sites for hydroxylation is 1. The molecule has 0 saturated heterocycles. The normalized spacial score (nSPS) is 16.5. The standard InChI is InChI=1S/C11H11F3O/c12-11(13,14)9-5-4-8-3-1-2-6-15-10(8)7-9/h4-5,7H,1-3,6H2. The first-order valence-corrected chi connectivity index (χ1v) is 4.90. The Morgan fingerprint density at radius 1 is 1.13 bits per heavy atom. The van der Waals surface area contributed by atoms with Crippen LogP contribution in [-0.4, -0.2) is 6.61 Å². The highest BCUT2D eigenvalue weighted by atomic mass is 19.4. The fraction of sp³-hybridized carbons (Fsp3) is 0.455. The Morgan fingerprint density at radius 3 is 2.67 bits per heavy atom. The summed E-state index contributed by atoms with van der Waals surface area (Å²) >= 11 is 0. The van der Waals surface area contributed by atoms with E-state index in [0.717, 1.165) is 37.0 Å².